The van der Waals surface area contributed by atoms with Crippen LogP contribution >= 0.6 is 11.6 Å². The minimum Gasteiger partial charge on any atom is -0.478 e. The van der Waals surface area contributed by atoms with Gasteiger partial charge in [0.25, 0.3) is 11.8 Å². The van der Waals surface area contributed by atoms with Gasteiger partial charge in [0.2, 0.25) is 29.4 Å². The van der Waals surface area contributed by atoms with Crippen LogP contribution in [0.4, 0.5) is 0 Å². The Morgan fingerprint density at radius 1 is 0.931 bits per heavy atom. The normalized spacial score (nSPS) is 18.6. The third-order valence-electron chi connectivity index (χ3n) is 10.1. The third kappa shape index (κ3) is 12.3. The Bertz CT molecular complexity index is 1880. The zero-order valence-corrected chi connectivity index (χ0v) is 33.9. The van der Waals surface area contributed by atoms with Crippen LogP contribution in [0.25, 0.3) is 0 Å². The lowest BCUT2D eigenvalue weighted by molar-refractivity contribution is -0.143. The fraction of sp³-hybridized carbons (Fsp3) is 0.512. The van der Waals surface area contributed by atoms with Crippen LogP contribution in [0.1, 0.15) is 111 Å². The summed E-state index contributed by atoms with van der Waals surface area (Å²) >= 11 is 6.01. The van der Waals surface area contributed by atoms with Gasteiger partial charge in [0.15, 0.2) is 0 Å². The van der Waals surface area contributed by atoms with Crippen LogP contribution in [0, 0.1) is 5.92 Å². The number of Topliss-reactive ketones (excluding diaryl/α,β-unsaturated/α-hetero) is 1. The van der Waals surface area contributed by atoms with E-state index in [1.54, 1.807) is 19.1 Å². The SMILES string of the molecule is CCCC(NC(=O)C1CC(OC(C)(C)C)CN1C(=O)C(NC(=O)c1ccccc1C(=O)O)C1CCCCC1)C(=O)C(=O)NCC(=O)NC(C(N)=O)c1cccc(Cl)c1. The van der Waals surface area contributed by atoms with Gasteiger partial charge in [0, 0.05) is 18.0 Å². The van der Waals surface area contributed by atoms with Crippen LogP contribution in [0.2, 0.25) is 5.02 Å². The second-order valence-corrected chi connectivity index (χ2v) is 16.1. The van der Waals surface area contributed by atoms with Crippen molar-refractivity contribution in [1.29, 1.82) is 0 Å². The highest BCUT2D eigenvalue weighted by Gasteiger charge is 2.46. The van der Waals surface area contributed by atoms with Crippen LogP contribution < -0.4 is 27.0 Å². The number of nitrogens with one attached hydrogen (secondary N) is 4. The summed E-state index contributed by atoms with van der Waals surface area (Å²) in [6, 6.07) is 6.96. The first-order chi connectivity index (χ1) is 27.4. The molecule has 6 amide bonds. The third-order valence-corrected chi connectivity index (χ3v) is 10.3. The van der Waals surface area contributed by atoms with Gasteiger partial charge < -0.3 is 41.7 Å². The topological polar surface area (TPSA) is 243 Å². The number of hydrogen-bond acceptors (Lipinski definition) is 9. The van der Waals surface area contributed by atoms with Crippen molar-refractivity contribution in [2.45, 2.75) is 115 Å². The highest BCUT2D eigenvalue weighted by Crippen LogP contribution is 2.31. The molecule has 1 saturated carbocycles. The summed E-state index contributed by atoms with van der Waals surface area (Å²) in [6.45, 7) is 6.54. The summed E-state index contributed by atoms with van der Waals surface area (Å²) in [5, 5.41) is 20.1. The zero-order chi connectivity index (χ0) is 42.7. The number of amides is 6. The summed E-state index contributed by atoms with van der Waals surface area (Å²) in [5.74, 6) is -7.52. The van der Waals surface area contributed by atoms with E-state index in [-0.39, 0.29) is 36.4 Å². The van der Waals surface area contributed by atoms with Gasteiger partial charge in [0.1, 0.15) is 18.1 Å². The number of ketones is 1. The van der Waals surface area contributed by atoms with E-state index < -0.39 is 89.6 Å². The molecule has 314 valence electrons. The van der Waals surface area contributed by atoms with Crippen molar-refractivity contribution in [1.82, 2.24) is 26.2 Å². The molecule has 2 aromatic carbocycles. The lowest BCUT2D eigenvalue weighted by Gasteiger charge is -2.35. The number of nitrogens with two attached hydrogens (primary N) is 1. The van der Waals surface area contributed by atoms with Gasteiger partial charge in [-0.1, -0.05) is 68.5 Å². The number of halogens is 1. The average Bonchev–Trinajstić information content (AvgIpc) is 3.59. The number of likely N-dealkylation sites (tertiary alicyclic amines) is 1. The lowest BCUT2D eigenvalue weighted by atomic mass is 9.83. The summed E-state index contributed by atoms with van der Waals surface area (Å²) in [7, 11) is 0. The van der Waals surface area contributed by atoms with E-state index in [0.29, 0.717) is 29.8 Å². The van der Waals surface area contributed by atoms with Crippen LogP contribution in [-0.2, 0) is 33.5 Å². The quantitative estimate of drug-likeness (QED) is 0.127. The standard InChI is InChI=1S/C41H53ClN6O10/c1-5-12-29(34(50)38(54)44-21-31(49)46-32(35(43)51)24-15-11-16-25(42)19-24)45-37(53)30-20-26(58-41(2,3)4)22-48(30)39(55)33(23-13-7-6-8-14-23)47-36(52)27-17-9-10-18-28(27)40(56)57/h9-11,15-19,23,26,29-30,32-33H,5-8,12-14,20-22H2,1-4H3,(H2,43,51)(H,44,54)(H,45,53)(H,46,49)(H,47,52)(H,56,57). The summed E-state index contributed by atoms with van der Waals surface area (Å²) in [6.07, 6.45) is 3.69. The first kappa shape index (κ1) is 45.4. The van der Waals surface area contributed by atoms with Gasteiger partial charge in [0.05, 0.1) is 35.4 Å². The first-order valence-corrected chi connectivity index (χ1v) is 19.9. The first-order valence-electron chi connectivity index (χ1n) is 19.5. The molecule has 1 aliphatic carbocycles. The molecule has 16 nitrogen and oxygen atoms in total. The Morgan fingerprint density at radius 2 is 1.60 bits per heavy atom. The van der Waals surface area contributed by atoms with Gasteiger partial charge in [-0.05, 0) is 75.8 Å². The van der Waals surface area contributed by atoms with Crippen LogP contribution in [0.15, 0.2) is 48.5 Å². The maximum atomic E-state index is 14.6. The zero-order valence-electron chi connectivity index (χ0n) is 33.2. The van der Waals surface area contributed by atoms with E-state index in [4.69, 9.17) is 22.1 Å². The number of nitrogens with zero attached hydrogens (tertiary/aromatic N) is 1. The molecule has 17 heteroatoms. The van der Waals surface area contributed by atoms with Gasteiger partial charge in [-0.3, -0.25) is 33.6 Å². The number of carbonyl (C=O) groups excluding carboxylic acids is 7. The number of carboxylic acid groups (broad SMARTS) is 1. The predicted molar refractivity (Wildman–Crippen MR) is 212 cm³/mol. The highest BCUT2D eigenvalue weighted by molar-refractivity contribution is 6.38. The Labute approximate surface area is 342 Å². The molecule has 0 spiro atoms. The molecular weight excluding hydrogens is 772 g/mol. The molecule has 5 atom stereocenters. The largest absolute Gasteiger partial charge is 0.478 e. The Morgan fingerprint density at radius 3 is 2.21 bits per heavy atom. The fourth-order valence-electron chi connectivity index (χ4n) is 7.44. The fourth-order valence-corrected chi connectivity index (χ4v) is 7.64. The van der Waals surface area contributed by atoms with E-state index in [1.165, 1.54) is 41.3 Å². The van der Waals surface area contributed by atoms with Crippen molar-refractivity contribution >= 4 is 58.8 Å². The van der Waals surface area contributed by atoms with Gasteiger partial charge >= 0.3 is 5.97 Å². The van der Waals surface area contributed by atoms with E-state index >= 15 is 0 Å². The molecule has 0 aromatic heterocycles. The Kier molecular flexibility index (Phi) is 15.9. The van der Waals surface area contributed by atoms with Crippen molar-refractivity contribution in [3.8, 4) is 0 Å². The van der Waals surface area contributed by atoms with Crippen molar-refractivity contribution in [3.63, 3.8) is 0 Å². The summed E-state index contributed by atoms with van der Waals surface area (Å²) in [4.78, 5) is 107. The molecule has 1 heterocycles. The molecular formula is C41H53ClN6O10. The maximum absolute atomic E-state index is 14.6. The van der Waals surface area contributed by atoms with Crippen LogP contribution in [-0.4, -0.2) is 100 Å². The smallest absolute Gasteiger partial charge is 0.336 e. The minimum absolute atomic E-state index is 0.0114. The number of hydrogen-bond donors (Lipinski definition) is 6. The number of benzene rings is 2. The van der Waals surface area contributed by atoms with Crippen molar-refractivity contribution in [2.24, 2.45) is 11.7 Å². The van der Waals surface area contributed by atoms with Crippen LogP contribution in [0.5, 0.6) is 0 Å². The number of rotatable bonds is 17. The van der Waals surface area contributed by atoms with Crippen molar-refractivity contribution < 1.29 is 48.2 Å². The molecule has 1 aliphatic heterocycles. The summed E-state index contributed by atoms with van der Waals surface area (Å²) in [5.41, 5.74) is 4.80. The molecule has 7 N–H and O–H groups in total. The lowest BCUT2D eigenvalue weighted by Crippen LogP contribution is -2.58. The number of carboxylic acids is 1. The minimum atomic E-state index is -1.33. The average molecular weight is 825 g/mol. The van der Waals surface area contributed by atoms with Crippen LogP contribution in [0.3, 0.4) is 0 Å². The van der Waals surface area contributed by atoms with E-state index in [0.717, 1.165) is 19.3 Å². The number of primary amides is 1. The van der Waals surface area contributed by atoms with Crippen molar-refractivity contribution in [2.75, 3.05) is 13.1 Å². The Balaban J connectivity index is 1.52. The van der Waals surface area contributed by atoms with Crippen molar-refractivity contribution in [3.05, 3.63) is 70.2 Å². The maximum Gasteiger partial charge on any atom is 0.336 e. The number of ether oxygens (including phenoxy) is 1. The molecule has 0 radical (unpaired) electrons. The molecule has 58 heavy (non-hydrogen) atoms. The van der Waals surface area contributed by atoms with Gasteiger partial charge in [-0.15, -0.1) is 0 Å². The Hall–Kier alpha value is -5.35. The highest BCUT2D eigenvalue weighted by atomic mass is 35.5. The number of aromatic carboxylic acids is 1. The number of carbonyl (C=O) groups is 8. The van der Waals surface area contributed by atoms with Gasteiger partial charge in [-0.25, -0.2) is 4.79 Å². The monoisotopic (exact) mass is 824 g/mol. The molecule has 2 fully saturated rings. The molecule has 0 bridgehead atoms. The molecule has 2 aromatic rings. The molecule has 2 aliphatic rings. The van der Waals surface area contributed by atoms with E-state index in [2.05, 4.69) is 21.3 Å². The van der Waals surface area contributed by atoms with Gasteiger partial charge in [-0.2, -0.15) is 0 Å². The molecule has 1 saturated heterocycles. The second-order valence-electron chi connectivity index (χ2n) is 15.6. The second kappa shape index (κ2) is 20.4. The summed E-state index contributed by atoms with van der Waals surface area (Å²) < 4.78 is 6.21. The van der Waals surface area contributed by atoms with E-state index in [9.17, 15) is 43.5 Å². The van der Waals surface area contributed by atoms with E-state index in [1.807, 2.05) is 20.8 Å². The predicted octanol–water partition coefficient (Wildman–Crippen LogP) is 2.81. The molecule has 4 rings (SSSR count). The molecule has 5 unspecified atom stereocenters.